The second-order valence-corrected chi connectivity index (χ2v) is 8.64. The molecule has 1 N–H and O–H groups in total. The predicted octanol–water partition coefficient (Wildman–Crippen LogP) is 6.57. The molecule has 174 valence electrons. The van der Waals surface area contributed by atoms with Crippen LogP contribution in [0, 0.1) is 0 Å². The van der Waals surface area contributed by atoms with Gasteiger partial charge in [-0.05, 0) is 62.3 Å². The number of rotatable bonds is 5. The SMILES string of the molecule is CN1CCCCC1C(NC(=O)c1cccc(C(F)(F)F)c1Cl)c1cccc(-c2ccco2)c1. The minimum atomic E-state index is -4.65. The molecule has 0 saturated carbocycles. The number of amides is 1. The Bertz CT molecular complexity index is 1120. The van der Waals surface area contributed by atoms with Crippen LogP contribution in [0.3, 0.4) is 0 Å². The molecule has 2 unspecified atom stereocenters. The summed E-state index contributed by atoms with van der Waals surface area (Å²) in [5.74, 6) is 0.0540. The average Bonchev–Trinajstić information content (AvgIpc) is 3.32. The zero-order valence-electron chi connectivity index (χ0n) is 18.0. The smallest absolute Gasteiger partial charge is 0.417 e. The van der Waals surface area contributed by atoms with Gasteiger partial charge in [0.2, 0.25) is 0 Å². The lowest BCUT2D eigenvalue weighted by Gasteiger charge is -2.38. The van der Waals surface area contributed by atoms with Crippen LogP contribution in [0.4, 0.5) is 13.2 Å². The zero-order chi connectivity index (χ0) is 23.6. The van der Waals surface area contributed by atoms with E-state index in [4.69, 9.17) is 16.0 Å². The molecule has 33 heavy (non-hydrogen) atoms. The molecule has 2 heterocycles. The van der Waals surface area contributed by atoms with E-state index in [1.807, 2.05) is 37.4 Å². The van der Waals surface area contributed by atoms with Gasteiger partial charge in [-0.15, -0.1) is 0 Å². The van der Waals surface area contributed by atoms with E-state index in [9.17, 15) is 18.0 Å². The van der Waals surface area contributed by atoms with Gasteiger partial charge in [0, 0.05) is 11.6 Å². The van der Waals surface area contributed by atoms with Crippen molar-refractivity contribution >= 4 is 17.5 Å². The molecule has 4 rings (SSSR count). The molecule has 2 atom stereocenters. The first-order valence-corrected chi connectivity index (χ1v) is 11.1. The number of carbonyl (C=O) groups excluding carboxylic acids is 1. The van der Waals surface area contributed by atoms with Crippen molar-refractivity contribution in [2.45, 2.75) is 37.5 Å². The van der Waals surface area contributed by atoms with Crippen LogP contribution >= 0.6 is 11.6 Å². The van der Waals surface area contributed by atoms with E-state index in [2.05, 4.69) is 10.2 Å². The Balaban J connectivity index is 1.70. The van der Waals surface area contributed by atoms with E-state index >= 15 is 0 Å². The van der Waals surface area contributed by atoms with Crippen molar-refractivity contribution in [3.63, 3.8) is 0 Å². The number of benzene rings is 2. The highest BCUT2D eigenvalue weighted by Gasteiger charge is 2.36. The van der Waals surface area contributed by atoms with Crippen LogP contribution in [0.15, 0.2) is 65.3 Å². The summed E-state index contributed by atoms with van der Waals surface area (Å²) >= 11 is 6.02. The monoisotopic (exact) mass is 476 g/mol. The van der Waals surface area contributed by atoms with Gasteiger partial charge < -0.3 is 14.6 Å². The molecule has 8 heteroatoms. The zero-order valence-corrected chi connectivity index (χ0v) is 18.8. The lowest BCUT2D eigenvalue weighted by molar-refractivity contribution is -0.137. The largest absolute Gasteiger partial charge is 0.464 e. The van der Waals surface area contributed by atoms with Crippen molar-refractivity contribution in [3.8, 4) is 11.3 Å². The van der Waals surface area contributed by atoms with E-state index in [0.717, 1.165) is 43.0 Å². The van der Waals surface area contributed by atoms with Gasteiger partial charge in [-0.3, -0.25) is 4.79 Å². The van der Waals surface area contributed by atoms with Crippen molar-refractivity contribution < 1.29 is 22.4 Å². The van der Waals surface area contributed by atoms with E-state index in [1.54, 1.807) is 12.3 Å². The molecule has 1 saturated heterocycles. The summed E-state index contributed by atoms with van der Waals surface area (Å²) in [4.78, 5) is 15.4. The van der Waals surface area contributed by atoms with E-state index in [-0.39, 0.29) is 11.6 Å². The van der Waals surface area contributed by atoms with Crippen molar-refractivity contribution in [1.82, 2.24) is 10.2 Å². The first-order chi connectivity index (χ1) is 15.8. The van der Waals surface area contributed by atoms with Gasteiger partial charge in [0.1, 0.15) is 5.76 Å². The van der Waals surface area contributed by atoms with Gasteiger partial charge >= 0.3 is 6.18 Å². The molecular weight excluding hydrogens is 453 g/mol. The molecule has 1 fully saturated rings. The number of alkyl halides is 3. The third-order valence-corrected chi connectivity index (χ3v) is 6.51. The van der Waals surface area contributed by atoms with Crippen LogP contribution in [0.25, 0.3) is 11.3 Å². The summed E-state index contributed by atoms with van der Waals surface area (Å²) in [7, 11) is 2.00. The molecule has 1 amide bonds. The van der Waals surface area contributed by atoms with Gasteiger partial charge in [-0.25, -0.2) is 0 Å². The Morgan fingerprint density at radius 1 is 1.15 bits per heavy atom. The maximum atomic E-state index is 13.3. The van der Waals surface area contributed by atoms with Gasteiger partial charge in [0.15, 0.2) is 0 Å². The molecule has 0 aliphatic carbocycles. The van der Waals surface area contributed by atoms with Crippen molar-refractivity contribution in [2.75, 3.05) is 13.6 Å². The number of likely N-dealkylation sites (N-methyl/N-ethyl adjacent to an activating group) is 1. The van der Waals surface area contributed by atoms with Gasteiger partial charge in [-0.2, -0.15) is 13.2 Å². The highest BCUT2D eigenvalue weighted by atomic mass is 35.5. The number of halogens is 4. The molecule has 3 aromatic rings. The van der Waals surface area contributed by atoms with Crippen molar-refractivity contribution in [3.05, 3.63) is 82.6 Å². The fourth-order valence-corrected chi connectivity index (χ4v) is 4.72. The van der Waals surface area contributed by atoms with Gasteiger partial charge in [0.05, 0.1) is 28.5 Å². The quantitative estimate of drug-likeness (QED) is 0.452. The lowest BCUT2D eigenvalue weighted by Crippen LogP contribution is -2.47. The summed E-state index contributed by atoms with van der Waals surface area (Å²) in [5.41, 5.74) is 0.478. The summed E-state index contributed by atoms with van der Waals surface area (Å²) in [6.45, 7) is 0.874. The minimum absolute atomic E-state index is 0.0147. The fraction of sp³-hybridized carbons (Fsp3) is 0.320. The van der Waals surface area contributed by atoms with Crippen LogP contribution < -0.4 is 5.32 Å². The normalized spacial score (nSPS) is 18.2. The summed E-state index contributed by atoms with van der Waals surface area (Å²) in [6, 6.07) is 14.2. The third kappa shape index (κ3) is 5.09. The molecule has 2 aromatic carbocycles. The van der Waals surface area contributed by atoms with Crippen LogP contribution in [0.1, 0.15) is 46.8 Å². The topological polar surface area (TPSA) is 45.5 Å². The molecule has 1 aliphatic heterocycles. The van der Waals surface area contributed by atoms with Gasteiger partial charge in [0.25, 0.3) is 5.91 Å². The fourth-order valence-electron chi connectivity index (χ4n) is 4.40. The van der Waals surface area contributed by atoms with Crippen LogP contribution in [0.2, 0.25) is 5.02 Å². The minimum Gasteiger partial charge on any atom is -0.464 e. The third-order valence-electron chi connectivity index (χ3n) is 6.10. The number of nitrogens with zero attached hydrogens (tertiary/aromatic N) is 1. The lowest BCUT2D eigenvalue weighted by atomic mass is 9.90. The molecule has 0 radical (unpaired) electrons. The Morgan fingerprint density at radius 2 is 1.94 bits per heavy atom. The molecule has 4 nitrogen and oxygen atoms in total. The summed E-state index contributed by atoms with van der Waals surface area (Å²) in [6.07, 6.45) is -0.147. The number of piperidine rings is 1. The van der Waals surface area contributed by atoms with Crippen LogP contribution in [0.5, 0.6) is 0 Å². The predicted molar refractivity (Wildman–Crippen MR) is 121 cm³/mol. The summed E-state index contributed by atoms with van der Waals surface area (Å²) in [5, 5.41) is 2.38. The number of likely N-dealkylation sites (tertiary alicyclic amines) is 1. The molecule has 0 spiro atoms. The van der Waals surface area contributed by atoms with Crippen molar-refractivity contribution in [1.29, 1.82) is 0 Å². The standard InChI is InChI=1S/C25H24ClF3N2O2/c1-31-13-3-2-11-20(31)23(17-8-4-7-16(15-17)21-12-6-14-33-21)30-24(32)18-9-5-10-19(22(18)26)25(27,28)29/h4-10,12,14-15,20,23H,2-3,11,13H2,1H3,(H,30,32). The number of nitrogens with one attached hydrogen (secondary N) is 1. The average molecular weight is 477 g/mol. The highest BCUT2D eigenvalue weighted by molar-refractivity contribution is 6.34. The molecular formula is C25H24ClF3N2O2. The van der Waals surface area contributed by atoms with E-state index < -0.39 is 28.7 Å². The first kappa shape index (κ1) is 23.4. The molecule has 0 bridgehead atoms. The second kappa shape index (κ2) is 9.61. The number of hydrogen-bond acceptors (Lipinski definition) is 3. The number of furan rings is 1. The van der Waals surface area contributed by atoms with Gasteiger partial charge in [-0.1, -0.05) is 42.3 Å². The highest BCUT2D eigenvalue weighted by Crippen LogP contribution is 2.37. The summed E-state index contributed by atoms with van der Waals surface area (Å²) < 4.78 is 45.4. The maximum absolute atomic E-state index is 13.3. The first-order valence-electron chi connectivity index (χ1n) is 10.8. The second-order valence-electron chi connectivity index (χ2n) is 8.26. The molecule has 1 aliphatic rings. The Kier molecular flexibility index (Phi) is 6.81. The van der Waals surface area contributed by atoms with Crippen LogP contribution in [-0.2, 0) is 6.18 Å². The molecule has 1 aromatic heterocycles. The number of carbonyl (C=O) groups is 1. The van der Waals surface area contributed by atoms with Crippen LogP contribution in [-0.4, -0.2) is 30.4 Å². The van der Waals surface area contributed by atoms with Crippen molar-refractivity contribution in [2.24, 2.45) is 0 Å². The Labute approximate surface area is 195 Å². The maximum Gasteiger partial charge on any atom is 0.417 e. The van der Waals surface area contributed by atoms with E-state index in [1.165, 1.54) is 12.1 Å². The Hall–Kier alpha value is -2.77. The number of hydrogen-bond donors (Lipinski definition) is 1. The van der Waals surface area contributed by atoms with E-state index in [0.29, 0.717) is 5.76 Å². The Morgan fingerprint density at radius 3 is 2.64 bits per heavy atom.